The van der Waals surface area contributed by atoms with Gasteiger partial charge in [-0.15, -0.1) is 0 Å². The van der Waals surface area contributed by atoms with E-state index in [4.69, 9.17) is 9.26 Å². The molecule has 0 aliphatic carbocycles. The summed E-state index contributed by atoms with van der Waals surface area (Å²) in [6.45, 7) is 2.39. The van der Waals surface area contributed by atoms with Crippen LogP contribution in [0.1, 0.15) is 30.8 Å². The van der Waals surface area contributed by atoms with Crippen molar-refractivity contribution in [1.29, 1.82) is 0 Å². The zero-order chi connectivity index (χ0) is 25.4. The molecule has 5 heterocycles. The number of methoxy groups -OCH3 is 1. The molecule has 4 aromatic heterocycles. The summed E-state index contributed by atoms with van der Waals surface area (Å²) in [5.74, 6) is 0.775. The molecule has 5 rings (SSSR count). The van der Waals surface area contributed by atoms with E-state index in [1.54, 1.807) is 49.4 Å². The van der Waals surface area contributed by atoms with Gasteiger partial charge in [-0.05, 0) is 25.1 Å². The van der Waals surface area contributed by atoms with Crippen molar-refractivity contribution in [3.05, 3.63) is 54.2 Å². The maximum atomic E-state index is 12.4. The summed E-state index contributed by atoms with van der Waals surface area (Å²) in [4.78, 5) is 27.5. The van der Waals surface area contributed by atoms with E-state index in [2.05, 4.69) is 30.5 Å². The molecule has 0 bridgehead atoms. The van der Waals surface area contributed by atoms with Crippen LogP contribution in [0.25, 0.3) is 22.8 Å². The second-order valence-electron chi connectivity index (χ2n) is 8.71. The molecule has 12 nitrogen and oxygen atoms in total. The molecule has 36 heavy (non-hydrogen) atoms. The third-order valence-electron chi connectivity index (χ3n) is 6.15. The number of ether oxygens (including phenoxy) is 1. The third-order valence-corrected chi connectivity index (χ3v) is 6.15. The number of hydrogen-bond donors (Lipinski definition) is 2. The molecular weight excluding hydrogens is 464 g/mol. The molecule has 1 unspecified atom stereocenters. The highest BCUT2D eigenvalue weighted by molar-refractivity contribution is 5.87. The van der Waals surface area contributed by atoms with Crippen molar-refractivity contribution in [2.45, 2.75) is 25.0 Å². The van der Waals surface area contributed by atoms with Gasteiger partial charge in [-0.1, -0.05) is 11.2 Å². The van der Waals surface area contributed by atoms with E-state index < -0.39 is 11.5 Å². The number of anilines is 1. The van der Waals surface area contributed by atoms with Gasteiger partial charge in [0.25, 0.3) is 5.91 Å². The molecule has 0 spiro atoms. The lowest BCUT2D eigenvalue weighted by atomic mass is 9.98. The summed E-state index contributed by atoms with van der Waals surface area (Å²) < 4.78 is 12.4. The van der Waals surface area contributed by atoms with Crippen LogP contribution in [-0.4, -0.2) is 66.5 Å². The predicted molar refractivity (Wildman–Crippen MR) is 129 cm³/mol. The van der Waals surface area contributed by atoms with Crippen LogP contribution in [0.2, 0.25) is 0 Å². The monoisotopic (exact) mass is 490 g/mol. The Morgan fingerprint density at radius 3 is 2.64 bits per heavy atom. The van der Waals surface area contributed by atoms with Crippen LogP contribution in [0.4, 0.5) is 5.95 Å². The number of carbonyl (C=O) groups excluding carboxylic acids is 1. The van der Waals surface area contributed by atoms with Crippen molar-refractivity contribution < 1.29 is 19.2 Å². The van der Waals surface area contributed by atoms with Crippen molar-refractivity contribution in [1.82, 2.24) is 34.8 Å². The van der Waals surface area contributed by atoms with E-state index in [0.29, 0.717) is 41.0 Å². The Hall–Kier alpha value is -4.32. The maximum absolute atomic E-state index is 12.4. The van der Waals surface area contributed by atoms with Crippen LogP contribution >= 0.6 is 0 Å². The average molecular weight is 491 g/mol. The fourth-order valence-electron chi connectivity index (χ4n) is 4.17. The highest BCUT2D eigenvalue weighted by atomic mass is 16.5. The summed E-state index contributed by atoms with van der Waals surface area (Å²) in [6.07, 6.45) is 3.69. The summed E-state index contributed by atoms with van der Waals surface area (Å²) in [5, 5.41) is 22.6. The van der Waals surface area contributed by atoms with Gasteiger partial charge in [-0.3, -0.25) is 9.48 Å². The summed E-state index contributed by atoms with van der Waals surface area (Å²) in [7, 11) is 5.07. The zero-order valence-electron chi connectivity index (χ0n) is 20.3. The average Bonchev–Trinajstić information content (AvgIpc) is 3.60. The first-order chi connectivity index (χ1) is 17.3. The number of likely N-dealkylation sites (N-methyl/N-ethyl adjacent to an activating group) is 1. The van der Waals surface area contributed by atoms with E-state index in [-0.39, 0.29) is 18.2 Å². The lowest BCUT2D eigenvalue weighted by Crippen LogP contribution is -2.35. The number of aliphatic hydroxyl groups is 1. The largest absolute Gasteiger partial charge is 0.493 e. The number of hydrogen-bond acceptors (Lipinski definition) is 10. The van der Waals surface area contributed by atoms with Crippen LogP contribution in [0.5, 0.6) is 5.75 Å². The molecule has 1 amide bonds. The number of pyridine rings is 1. The number of nitrogens with zero attached hydrogens (tertiary/aromatic N) is 7. The lowest BCUT2D eigenvalue weighted by molar-refractivity contribution is -0.144. The van der Waals surface area contributed by atoms with E-state index in [0.717, 1.165) is 5.69 Å². The Kier molecular flexibility index (Phi) is 5.88. The smallest absolute Gasteiger partial charge is 0.262 e. The SMILES string of the molecule is COc1cn(C)nc1C(C)Nc1nccc(-c2cccc(-c3cc([C@]4(O)CCN(C)C4=O)on3)n2)n1. The predicted octanol–water partition coefficient (Wildman–Crippen LogP) is 2.16. The fourth-order valence-corrected chi connectivity index (χ4v) is 4.17. The van der Waals surface area contributed by atoms with Crippen LogP contribution in [0, 0.1) is 0 Å². The minimum absolute atomic E-state index is 0.103. The molecule has 1 fully saturated rings. The molecule has 0 radical (unpaired) electrons. The van der Waals surface area contributed by atoms with Crippen molar-refractivity contribution >= 4 is 11.9 Å². The zero-order valence-corrected chi connectivity index (χ0v) is 20.3. The summed E-state index contributed by atoms with van der Waals surface area (Å²) in [5.41, 5.74) is 1.16. The Morgan fingerprint density at radius 2 is 1.92 bits per heavy atom. The number of carbonyl (C=O) groups is 1. The number of nitrogens with one attached hydrogen (secondary N) is 1. The fraction of sp³-hybridized carbons (Fsp3) is 0.333. The molecule has 1 aliphatic heterocycles. The van der Waals surface area contributed by atoms with Gasteiger partial charge in [0.15, 0.2) is 11.5 Å². The second-order valence-corrected chi connectivity index (χ2v) is 8.71. The van der Waals surface area contributed by atoms with Gasteiger partial charge < -0.3 is 24.6 Å². The molecule has 1 aliphatic rings. The molecule has 0 aromatic carbocycles. The summed E-state index contributed by atoms with van der Waals surface area (Å²) >= 11 is 0. The molecule has 2 N–H and O–H groups in total. The molecule has 12 heteroatoms. The Labute approximate surface area is 206 Å². The van der Waals surface area contributed by atoms with Gasteiger partial charge >= 0.3 is 0 Å². The topological polar surface area (TPSA) is 144 Å². The second kappa shape index (κ2) is 9.04. The quantitative estimate of drug-likeness (QED) is 0.395. The van der Waals surface area contributed by atoms with E-state index in [1.807, 2.05) is 26.1 Å². The lowest BCUT2D eigenvalue weighted by Gasteiger charge is -2.16. The highest BCUT2D eigenvalue weighted by Crippen LogP contribution is 2.34. The maximum Gasteiger partial charge on any atom is 0.262 e. The van der Waals surface area contributed by atoms with Crippen molar-refractivity contribution in [3.8, 4) is 28.5 Å². The van der Waals surface area contributed by atoms with Gasteiger partial charge in [0.2, 0.25) is 11.5 Å². The standard InChI is InChI=1S/C24H26N8O4/c1-14(21-19(35-4)13-32(3)29-21)26-23-25-10-8-17(28-23)15-6-5-7-16(27-15)18-12-20(36-30-18)24(34)9-11-31(2)22(24)33/h5-8,10,12-14,34H,9,11H2,1-4H3,(H,25,26,28)/t14?,24-/m1/s1. The highest BCUT2D eigenvalue weighted by Gasteiger charge is 2.48. The number of rotatable bonds is 7. The van der Waals surface area contributed by atoms with Crippen molar-refractivity contribution in [3.63, 3.8) is 0 Å². The van der Waals surface area contributed by atoms with E-state index >= 15 is 0 Å². The van der Waals surface area contributed by atoms with Crippen LogP contribution in [0.15, 0.2) is 47.2 Å². The summed E-state index contributed by atoms with van der Waals surface area (Å²) in [6, 6.07) is 8.53. The first-order valence-corrected chi connectivity index (χ1v) is 11.4. The number of aromatic nitrogens is 6. The Bertz CT molecular complexity index is 1420. The van der Waals surface area contributed by atoms with Gasteiger partial charge in [-0.2, -0.15) is 5.10 Å². The van der Waals surface area contributed by atoms with Gasteiger partial charge in [-0.25, -0.2) is 15.0 Å². The van der Waals surface area contributed by atoms with E-state index in [1.165, 1.54) is 4.90 Å². The molecule has 1 saturated heterocycles. The van der Waals surface area contributed by atoms with Crippen LogP contribution in [-0.2, 0) is 17.4 Å². The number of likely N-dealkylation sites (tertiary alicyclic amines) is 1. The van der Waals surface area contributed by atoms with E-state index in [9.17, 15) is 9.90 Å². The van der Waals surface area contributed by atoms with Crippen molar-refractivity contribution in [2.24, 2.45) is 7.05 Å². The third kappa shape index (κ3) is 4.15. The minimum Gasteiger partial charge on any atom is -0.493 e. The molecular formula is C24H26N8O4. The van der Waals surface area contributed by atoms with Gasteiger partial charge in [0, 0.05) is 39.3 Å². The molecule has 2 atom stereocenters. The number of aryl methyl sites for hydroxylation is 1. The Morgan fingerprint density at radius 1 is 1.17 bits per heavy atom. The molecule has 186 valence electrons. The Balaban J connectivity index is 1.38. The first kappa shape index (κ1) is 23.4. The van der Waals surface area contributed by atoms with Crippen LogP contribution in [0.3, 0.4) is 0 Å². The van der Waals surface area contributed by atoms with Gasteiger partial charge in [0.05, 0.1) is 36.4 Å². The van der Waals surface area contributed by atoms with Crippen LogP contribution < -0.4 is 10.1 Å². The minimum atomic E-state index is -1.71. The first-order valence-electron chi connectivity index (χ1n) is 11.4. The molecule has 4 aromatic rings. The molecule has 0 saturated carbocycles. The normalized spacial score (nSPS) is 18.5. The van der Waals surface area contributed by atoms with Crippen molar-refractivity contribution in [2.75, 3.05) is 26.0 Å². The van der Waals surface area contributed by atoms with Gasteiger partial charge in [0.1, 0.15) is 11.4 Å². The number of amides is 1.